The SMILES string of the molecule is O=C1c2c(OCc3ccccn3)c(=O)ccn2NC2COCCN12. The minimum Gasteiger partial charge on any atom is -0.481 e. The molecule has 1 N–H and O–H groups in total. The Morgan fingerprint density at radius 2 is 2.25 bits per heavy atom. The Hall–Kier alpha value is -2.87. The first-order valence-electron chi connectivity index (χ1n) is 7.67. The van der Waals surface area contributed by atoms with Gasteiger partial charge in [0, 0.05) is 25.0 Å². The average Bonchev–Trinajstić information content (AvgIpc) is 2.62. The maximum absolute atomic E-state index is 12.8. The molecule has 0 aliphatic carbocycles. The van der Waals surface area contributed by atoms with Gasteiger partial charge in [-0.1, -0.05) is 6.07 Å². The van der Waals surface area contributed by atoms with Gasteiger partial charge in [-0.3, -0.25) is 19.2 Å². The molecule has 2 aromatic rings. The van der Waals surface area contributed by atoms with Crippen molar-refractivity contribution in [2.45, 2.75) is 12.8 Å². The molecule has 1 atom stereocenters. The molecule has 2 aliphatic rings. The maximum atomic E-state index is 12.8. The van der Waals surface area contributed by atoms with E-state index in [-0.39, 0.29) is 35.6 Å². The lowest BCUT2D eigenvalue weighted by molar-refractivity contribution is -0.00327. The third-order valence-electron chi connectivity index (χ3n) is 4.03. The quantitative estimate of drug-likeness (QED) is 0.865. The van der Waals surface area contributed by atoms with E-state index in [2.05, 4.69) is 10.4 Å². The number of morpholine rings is 1. The zero-order valence-electron chi connectivity index (χ0n) is 12.8. The second-order valence-corrected chi connectivity index (χ2v) is 5.56. The van der Waals surface area contributed by atoms with Crippen molar-refractivity contribution in [3.63, 3.8) is 0 Å². The van der Waals surface area contributed by atoms with Crippen molar-refractivity contribution in [3.05, 3.63) is 58.3 Å². The number of amides is 1. The lowest BCUT2D eigenvalue weighted by Crippen LogP contribution is -2.59. The van der Waals surface area contributed by atoms with Crippen LogP contribution in [0.25, 0.3) is 0 Å². The fourth-order valence-corrected chi connectivity index (χ4v) is 2.85. The molecular weight excluding hydrogens is 312 g/mol. The molecule has 0 aromatic carbocycles. The first-order chi connectivity index (χ1) is 11.7. The highest BCUT2D eigenvalue weighted by Crippen LogP contribution is 2.23. The zero-order valence-corrected chi connectivity index (χ0v) is 12.8. The molecule has 4 rings (SSSR count). The van der Waals surface area contributed by atoms with Crippen molar-refractivity contribution in [1.29, 1.82) is 0 Å². The number of carbonyl (C=O) groups excluding carboxylic acids is 1. The van der Waals surface area contributed by atoms with E-state index in [4.69, 9.17) is 9.47 Å². The summed E-state index contributed by atoms with van der Waals surface area (Å²) in [6, 6.07) is 6.81. The number of nitrogens with zero attached hydrogens (tertiary/aromatic N) is 3. The summed E-state index contributed by atoms with van der Waals surface area (Å²) in [5, 5.41) is 0. The summed E-state index contributed by atoms with van der Waals surface area (Å²) in [5.41, 5.74) is 3.71. The van der Waals surface area contributed by atoms with Crippen LogP contribution in [-0.4, -0.2) is 46.4 Å². The van der Waals surface area contributed by atoms with Crippen molar-refractivity contribution < 1.29 is 14.3 Å². The smallest absolute Gasteiger partial charge is 0.278 e. The number of pyridine rings is 2. The Morgan fingerprint density at radius 3 is 3.08 bits per heavy atom. The van der Waals surface area contributed by atoms with Gasteiger partial charge in [-0.2, -0.15) is 0 Å². The van der Waals surface area contributed by atoms with Gasteiger partial charge in [-0.25, -0.2) is 0 Å². The van der Waals surface area contributed by atoms with Gasteiger partial charge in [-0.15, -0.1) is 0 Å². The Kier molecular flexibility index (Phi) is 3.66. The second kappa shape index (κ2) is 5.97. The fraction of sp³-hybridized carbons (Fsp3) is 0.312. The van der Waals surface area contributed by atoms with E-state index in [1.165, 1.54) is 16.9 Å². The van der Waals surface area contributed by atoms with Crippen LogP contribution in [0.5, 0.6) is 5.75 Å². The third-order valence-corrected chi connectivity index (χ3v) is 4.03. The molecule has 0 radical (unpaired) electrons. The molecule has 0 bridgehead atoms. The van der Waals surface area contributed by atoms with Gasteiger partial charge in [0.15, 0.2) is 11.4 Å². The molecule has 4 heterocycles. The summed E-state index contributed by atoms with van der Waals surface area (Å²) in [4.78, 5) is 30.9. The fourth-order valence-electron chi connectivity index (χ4n) is 2.85. The number of hydrogen-bond acceptors (Lipinski definition) is 6. The number of rotatable bonds is 3. The van der Waals surface area contributed by atoms with E-state index < -0.39 is 0 Å². The average molecular weight is 328 g/mol. The van der Waals surface area contributed by atoms with Gasteiger partial charge in [-0.05, 0) is 12.1 Å². The predicted octanol–water partition coefficient (Wildman–Crippen LogP) is 0.178. The van der Waals surface area contributed by atoms with E-state index in [1.54, 1.807) is 23.2 Å². The van der Waals surface area contributed by atoms with Gasteiger partial charge < -0.3 is 19.8 Å². The zero-order chi connectivity index (χ0) is 16.5. The molecule has 8 nitrogen and oxygen atoms in total. The van der Waals surface area contributed by atoms with Crippen LogP contribution in [0.3, 0.4) is 0 Å². The molecule has 124 valence electrons. The molecular formula is C16H16N4O4. The van der Waals surface area contributed by atoms with Crippen LogP contribution in [-0.2, 0) is 11.3 Å². The Balaban J connectivity index is 1.68. The summed E-state index contributed by atoms with van der Waals surface area (Å²) >= 11 is 0. The molecule has 24 heavy (non-hydrogen) atoms. The summed E-state index contributed by atoms with van der Waals surface area (Å²) in [7, 11) is 0. The van der Waals surface area contributed by atoms with Crippen LogP contribution in [0.2, 0.25) is 0 Å². The molecule has 2 aliphatic heterocycles. The Labute approximate surface area is 137 Å². The highest BCUT2D eigenvalue weighted by molar-refractivity contribution is 5.96. The number of carbonyl (C=O) groups is 1. The molecule has 1 saturated heterocycles. The van der Waals surface area contributed by atoms with Gasteiger partial charge in [0.2, 0.25) is 5.43 Å². The first kappa shape index (κ1) is 14.7. The highest BCUT2D eigenvalue weighted by Gasteiger charge is 2.36. The Bertz CT molecular complexity index is 821. The summed E-state index contributed by atoms with van der Waals surface area (Å²) in [5.74, 6) is -0.207. The van der Waals surface area contributed by atoms with E-state index in [0.717, 1.165) is 0 Å². The molecule has 8 heteroatoms. The summed E-state index contributed by atoms with van der Waals surface area (Å²) in [6.07, 6.45) is 2.94. The van der Waals surface area contributed by atoms with E-state index in [1.807, 2.05) is 6.07 Å². The van der Waals surface area contributed by atoms with Gasteiger partial charge >= 0.3 is 0 Å². The summed E-state index contributed by atoms with van der Waals surface area (Å²) < 4.78 is 12.6. The minimum absolute atomic E-state index is 0.0330. The normalized spacial score (nSPS) is 19.2. The van der Waals surface area contributed by atoms with Crippen LogP contribution >= 0.6 is 0 Å². The van der Waals surface area contributed by atoms with Crippen molar-refractivity contribution in [2.24, 2.45) is 0 Å². The van der Waals surface area contributed by atoms with Gasteiger partial charge in [0.05, 0.1) is 18.9 Å². The first-order valence-corrected chi connectivity index (χ1v) is 7.67. The topological polar surface area (TPSA) is 85.7 Å². The van der Waals surface area contributed by atoms with Crippen LogP contribution in [0.4, 0.5) is 0 Å². The second-order valence-electron chi connectivity index (χ2n) is 5.56. The van der Waals surface area contributed by atoms with Crippen LogP contribution < -0.4 is 15.6 Å². The van der Waals surface area contributed by atoms with Crippen LogP contribution in [0, 0.1) is 0 Å². The Morgan fingerprint density at radius 1 is 1.33 bits per heavy atom. The molecule has 0 spiro atoms. The van der Waals surface area contributed by atoms with Crippen molar-refractivity contribution in [2.75, 3.05) is 25.2 Å². The minimum atomic E-state index is -0.334. The third kappa shape index (κ3) is 2.50. The van der Waals surface area contributed by atoms with Crippen molar-refractivity contribution in [1.82, 2.24) is 14.6 Å². The van der Waals surface area contributed by atoms with E-state index in [9.17, 15) is 9.59 Å². The largest absolute Gasteiger partial charge is 0.481 e. The van der Waals surface area contributed by atoms with E-state index in [0.29, 0.717) is 25.5 Å². The number of fused-ring (bicyclic) bond motifs is 2. The molecule has 2 aromatic heterocycles. The van der Waals surface area contributed by atoms with Crippen molar-refractivity contribution in [3.8, 4) is 5.75 Å². The highest BCUT2D eigenvalue weighted by atomic mass is 16.5. The van der Waals surface area contributed by atoms with Crippen LogP contribution in [0.1, 0.15) is 16.2 Å². The van der Waals surface area contributed by atoms with Crippen LogP contribution in [0.15, 0.2) is 41.5 Å². The molecule has 1 unspecified atom stereocenters. The lowest BCUT2D eigenvalue weighted by Gasteiger charge is -2.41. The monoisotopic (exact) mass is 328 g/mol. The van der Waals surface area contributed by atoms with Gasteiger partial charge in [0.1, 0.15) is 12.8 Å². The predicted molar refractivity (Wildman–Crippen MR) is 84.3 cm³/mol. The number of ether oxygens (including phenoxy) is 2. The molecule has 0 saturated carbocycles. The van der Waals surface area contributed by atoms with Gasteiger partial charge in [0.25, 0.3) is 5.91 Å². The molecule has 1 amide bonds. The molecule has 1 fully saturated rings. The maximum Gasteiger partial charge on any atom is 0.278 e. The number of aromatic nitrogens is 2. The standard InChI is InChI=1S/C16H16N4O4/c21-12-4-6-20-14(15(12)24-9-11-3-1-2-5-17-11)16(22)19-7-8-23-10-13(19)18-20/h1-6,13,18H,7-10H2. The number of hydrogen-bond donors (Lipinski definition) is 1. The van der Waals surface area contributed by atoms with E-state index >= 15 is 0 Å². The number of nitrogens with one attached hydrogen (secondary N) is 1. The summed E-state index contributed by atoms with van der Waals surface area (Å²) in [6.45, 7) is 1.47. The lowest BCUT2D eigenvalue weighted by atomic mass is 10.2. The van der Waals surface area contributed by atoms with Crippen molar-refractivity contribution >= 4 is 5.91 Å².